The van der Waals surface area contributed by atoms with Crippen molar-refractivity contribution in [3.05, 3.63) is 87.8 Å². The Bertz CT molecular complexity index is 932. The molecule has 4 nitrogen and oxygen atoms in total. The number of nitrogens with one attached hydrogen (secondary N) is 2. The summed E-state index contributed by atoms with van der Waals surface area (Å²) >= 11 is 11.6. The standard InChI is InChI=1S/C19H14Cl2FN3O/c20-14-3-1-12(2-4-14)11-24-18-9-13(7-8-23-18)19(26)25-15-5-6-17(22)16(21)10-15/h1-10H,11H2,(H,23,24)(H,25,26). The Balaban J connectivity index is 1.66. The molecule has 0 aliphatic rings. The molecule has 2 aromatic carbocycles. The minimum absolute atomic E-state index is 0.0529. The van der Waals surface area contributed by atoms with E-state index >= 15 is 0 Å². The summed E-state index contributed by atoms with van der Waals surface area (Å²) in [6, 6.07) is 14.7. The third-order valence-corrected chi connectivity index (χ3v) is 4.13. The van der Waals surface area contributed by atoms with Crippen molar-refractivity contribution in [2.75, 3.05) is 10.6 Å². The summed E-state index contributed by atoms with van der Waals surface area (Å²) in [4.78, 5) is 16.6. The highest BCUT2D eigenvalue weighted by atomic mass is 35.5. The number of benzene rings is 2. The molecule has 1 amide bonds. The second-order valence-electron chi connectivity index (χ2n) is 5.49. The lowest BCUT2D eigenvalue weighted by Gasteiger charge is -2.09. The highest BCUT2D eigenvalue weighted by Crippen LogP contribution is 2.20. The van der Waals surface area contributed by atoms with E-state index in [1.807, 2.05) is 24.3 Å². The molecular weight excluding hydrogens is 376 g/mol. The molecule has 0 bridgehead atoms. The van der Waals surface area contributed by atoms with Crippen molar-refractivity contribution in [2.45, 2.75) is 6.54 Å². The van der Waals surface area contributed by atoms with E-state index in [4.69, 9.17) is 23.2 Å². The van der Waals surface area contributed by atoms with Crippen LogP contribution in [0.15, 0.2) is 60.8 Å². The zero-order chi connectivity index (χ0) is 18.5. The monoisotopic (exact) mass is 389 g/mol. The van der Waals surface area contributed by atoms with Gasteiger partial charge in [-0.15, -0.1) is 0 Å². The molecule has 0 saturated carbocycles. The fourth-order valence-electron chi connectivity index (χ4n) is 2.24. The Hall–Kier alpha value is -2.63. The van der Waals surface area contributed by atoms with Gasteiger partial charge in [0, 0.05) is 29.0 Å². The van der Waals surface area contributed by atoms with Gasteiger partial charge in [0.15, 0.2) is 0 Å². The van der Waals surface area contributed by atoms with Gasteiger partial charge in [-0.25, -0.2) is 9.37 Å². The maximum Gasteiger partial charge on any atom is 0.255 e. The number of halogens is 3. The van der Waals surface area contributed by atoms with E-state index in [0.29, 0.717) is 28.6 Å². The molecule has 132 valence electrons. The van der Waals surface area contributed by atoms with Crippen LogP contribution < -0.4 is 10.6 Å². The van der Waals surface area contributed by atoms with Crippen LogP contribution in [0, 0.1) is 5.82 Å². The van der Waals surface area contributed by atoms with E-state index in [9.17, 15) is 9.18 Å². The highest BCUT2D eigenvalue weighted by Gasteiger charge is 2.09. The Morgan fingerprint density at radius 3 is 2.54 bits per heavy atom. The Kier molecular flexibility index (Phi) is 5.71. The molecule has 1 heterocycles. The first-order chi connectivity index (χ1) is 12.5. The molecule has 7 heteroatoms. The van der Waals surface area contributed by atoms with Gasteiger partial charge in [-0.05, 0) is 48.0 Å². The lowest BCUT2D eigenvalue weighted by Crippen LogP contribution is -2.13. The number of carbonyl (C=O) groups is 1. The molecule has 0 unspecified atom stereocenters. The number of anilines is 2. The quantitative estimate of drug-likeness (QED) is 0.614. The fourth-order valence-corrected chi connectivity index (χ4v) is 2.55. The van der Waals surface area contributed by atoms with Gasteiger partial charge < -0.3 is 10.6 Å². The third-order valence-electron chi connectivity index (χ3n) is 3.59. The number of hydrogen-bond acceptors (Lipinski definition) is 3. The van der Waals surface area contributed by atoms with E-state index in [1.54, 1.807) is 12.1 Å². The number of hydrogen-bond donors (Lipinski definition) is 2. The van der Waals surface area contributed by atoms with E-state index in [-0.39, 0.29) is 10.9 Å². The largest absolute Gasteiger partial charge is 0.366 e. The third kappa shape index (κ3) is 4.71. The van der Waals surface area contributed by atoms with E-state index in [1.165, 1.54) is 24.4 Å². The fraction of sp³-hybridized carbons (Fsp3) is 0.0526. The smallest absolute Gasteiger partial charge is 0.255 e. The molecule has 0 radical (unpaired) electrons. The average molecular weight is 390 g/mol. The number of amides is 1. The van der Waals surface area contributed by atoms with Crippen molar-refractivity contribution in [3.8, 4) is 0 Å². The molecule has 0 aliphatic carbocycles. The van der Waals surface area contributed by atoms with Crippen molar-refractivity contribution in [1.29, 1.82) is 0 Å². The Morgan fingerprint density at radius 1 is 1.04 bits per heavy atom. The van der Waals surface area contributed by atoms with E-state index in [0.717, 1.165) is 5.56 Å². The number of nitrogens with zero attached hydrogens (tertiary/aromatic N) is 1. The van der Waals surface area contributed by atoms with Gasteiger partial charge in [0.05, 0.1) is 5.02 Å². The van der Waals surface area contributed by atoms with Crippen LogP contribution in [0.25, 0.3) is 0 Å². The van der Waals surface area contributed by atoms with Crippen molar-refractivity contribution < 1.29 is 9.18 Å². The maximum absolute atomic E-state index is 13.2. The minimum atomic E-state index is -0.540. The van der Waals surface area contributed by atoms with Crippen molar-refractivity contribution in [1.82, 2.24) is 4.98 Å². The first kappa shape index (κ1) is 18.2. The van der Waals surface area contributed by atoms with Crippen LogP contribution in [0.5, 0.6) is 0 Å². The number of rotatable bonds is 5. The summed E-state index contributed by atoms with van der Waals surface area (Å²) in [6.07, 6.45) is 1.54. The van der Waals surface area contributed by atoms with Crippen molar-refractivity contribution in [2.24, 2.45) is 0 Å². The van der Waals surface area contributed by atoms with Gasteiger partial charge in [-0.2, -0.15) is 0 Å². The molecule has 3 aromatic rings. The zero-order valence-corrected chi connectivity index (χ0v) is 15.0. The van der Waals surface area contributed by atoms with Crippen molar-refractivity contribution >= 4 is 40.6 Å². The topological polar surface area (TPSA) is 54.0 Å². The molecule has 0 aliphatic heterocycles. The number of pyridine rings is 1. The predicted molar refractivity (Wildman–Crippen MR) is 102 cm³/mol. The van der Waals surface area contributed by atoms with Crippen LogP contribution in [0.1, 0.15) is 15.9 Å². The molecule has 0 atom stereocenters. The molecule has 2 N–H and O–H groups in total. The van der Waals surface area contributed by atoms with E-state index < -0.39 is 5.82 Å². The van der Waals surface area contributed by atoms with Gasteiger partial charge in [-0.3, -0.25) is 4.79 Å². The summed E-state index contributed by atoms with van der Waals surface area (Å²) in [7, 11) is 0. The zero-order valence-electron chi connectivity index (χ0n) is 13.5. The second-order valence-corrected chi connectivity index (χ2v) is 6.34. The first-order valence-corrected chi connectivity index (χ1v) is 8.47. The lowest BCUT2D eigenvalue weighted by molar-refractivity contribution is 0.102. The molecule has 0 fully saturated rings. The summed E-state index contributed by atoms with van der Waals surface area (Å²) < 4.78 is 13.2. The Morgan fingerprint density at radius 2 is 1.81 bits per heavy atom. The first-order valence-electron chi connectivity index (χ1n) is 7.72. The Labute approximate surface area is 160 Å². The number of carbonyl (C=O) groups excluding carboxylic acids is 1. The molecule has 1 aromatic heterocycles. The SMILES string of the molecule is O=C(Nc1ccc(F)c(Cl)c1)c1ccnc(NCc2ccc(Cl)cc2)c1. The molecule has 0 spiro atoms. The van der Waals surface area contributed by atoms with Crippen LogP contribution >= 0.6 is 23.2 Å². The van der Waals surface area contributed by atoms with Crippen LogP contribution in [0.3, 0.4) is 0 Å². The molecule has 3 rings (SSSR count). The molecule has 0 saturated heterocycles. The molecule has 26 heavy (non-hydrogen) atoms. The predicted octanol–water partition coefficient (Wildman–Crippen LogP) is 5.39. The van der Waals surface area contributed by atoms with Crippen LogP contribution in [0.4, 0.5) is 15.9 Å². The van der Waals surface area contributed by atoms with Crippen LogP contribution in [0.2, 0.25) is 10.0 Å². The summed E-state index contributed by atoms with van der Waals surface area (Å²) in [6.45, 7) is 0.544. The van der Waals surface area contributed by atoms with Crippen LogP contribution in [-0.4, -0.2) is 10.9 Å². The van der Waals surface area contributed by atoms with Gasteiger partial charge in [0.25, 0.3) is 5.91 Å². The van der Waals surface area contributed by atoms with E-state index in [2.05, 4.69) is 15.6 Å². The van der Waals surface area contributed by atoms with Gasteiger partial charge >= 0.3 is 0 Å². The van der Waals surface area contributed by atoms with Crippen LogP contribution in [-0.2, 0) is 6.54 Å². The number of aromatic nitrogens is 1. The minimum Gasteiger partial charge on any atom is -0.366 e. The lowest BCUT2D eigenvalue weighted by atomic mass is 10.2. The molecular formula is C19H14Cl2FN3O. The summed E-state index contributed by atoms with van der Waals surface area (Å²) in [5.41, 5.74) is 1.86. The maximum atomic E-state index is 13.2. The average Bonchev–Trinajstić information content (AvgIpc) is 2.64. The summed E-state index contributed by atoms with van der Waals surface area (Å²) in [5.74, 6) is -0.323. The van der Waals surface area contributed by atoms with Gasteiger partial charge in [0.1, 0.15) is 11.6 Å². The second kappa shape index (κ2) is 8.17. The summed E-state index contributed by atoms with van der Waals surface area (Å²) in [5, 5.41) is 6.44. The highest BCUT2D eigenvalue weighted by molar-refractivity contribution is 6.31. The normalized spacial score (nSPS) is 10.4. The van der Waals surface area contributed by atoms with Gasteiger partial charge in [-0.1, -0.05) is 35.3 Å². The van der Waals surface area contributed by atoms with Crippen molar-refractivity contribution in [3.63, 3.8) is 0 Å². The van der Waals surface area contributed by atoms with Gasteiger partial charge in [0.2, 0.25) is 0 Å².